The molecule has 0 saturated carbocycles. The van der Waals surface area contributed by atoms with Gasteiger partial charge in [0, 0.05) is 39.2 Å². The molecule has 0 radical (unpaired) electrons. The zero-order valence-electron chi connectivity index (χ0n) is 9.42. The number of carbonyl (C=O) groups excluding carboxylic acids is 1. The Morgan fingerprint density at radius 1 is 1.43 bits per heavy atom. The van der Waals surface area contributed by atoms with E-state index in [1.807, 2.05) is 0 Å². The van der Waals surface area contributed by atoms with Crippen LogP contribution in [0.1, 0.15) is 26.7 Å². The number of aliphatic hydroxyl groups excluding tert-OH is 1. The highest BCUT2D eigenvalue weighted by Crippen LogP contribution is 2.00. The van der Waals surface area contributed by atoms with Crippen LogP contribution in [0.4, 0.5) is 0 Å². The summed E-state index contributed by atoms with van der Waals surface area (Å²) in [6.45, 7) is 6.02. The van der Waals surface area contributed by atoms with E-state index in [2.05, 4.69) is 24.1 Å². The summed E-state index contributed by atoms with van der Waals surface area (Å²) >= 11 is 0. The summed E-state index contributed by atoms with van der Waals surface area (Å²) in [4.78, 5) is 13.2. The minimum Gasteiger partial charge on any atom is -0.396 e. The lowest BCUT2D eigenvalue weighted by Gasteiger charge is -2.25. The van der Waals surface area contributed by atoms with Gasteiger partial charge in [0.1, 0.15) is 0 Å². The first kappa shape index (κ1) is 13.4. The Morgan fingerprint density at radius 3 is 2.50 bits per heavy atom. The van der Waals surface area contributed by atoms with Gasteiger partial charge >= 0.3 is 0 Å². The van der Waals surface area contributed by atoms with Gasteiger partial charge in [-0.25, -0.2) is 0 Å². The van der Waals surface area contributed by atoms with Gasteiger partial charge in [-0.3, -0.25) is 4.79 Å². The molecule has 0 saturated heterocycles. The first-order valence-corrected chi connectivity index (χ1v) is 5.17. The molecule has 0 heterocycles. The highest BCUT2D eigenvalue weighted by atomic mass is 16.3. The Kier molecular flexibility index (Phi) is 7.42. The third-order valence-corrected chi connectivity index (χ3v) is 2.24. The molecule has 84 valence electrons. The van der Waals surface area contributed by atoms with E-state index in [9.17, 15) is 4.79 Å². The molecule has 4 nitrogen and oxygen atoms in total. The molecule has 0 aromatic carbocycles. The van der Waals surface area contributed by atoms with Gasteiger partial charge < -0.3 is 15.3 Å². The topological polar surface area (TPSA) is 52.6 Å². The van der Waals surface area contributed by atoms with Crippen LogP contribution in [-0.2, 0) is 4.79 Å². The average Bonchev–Trinajstić information content (AvgIpc) is 2.16. The molecule has 0 atom stereocenters. The van der Waals surface area contributed by atoms with E-state index < -0.39 is 0 Å². The number of nitrogens with one attached hydrogen (secondary N) is 1. The number of hydrogen-bond acceptors (Lipinski definition) is 3. The van der Waals surface area contributed by atoms with Crippen molar-refractivity contribution in [1.29, 1.82) is 0 Å². The Balaban J connectivity index is 3.78. The molecule has 1 amide bonds. The first-order valence-electron chi connectivity index (χ1n) is 5.17. The molecular formula is C10H22N2O2. The zero-order valence-corrected chi connectivity index (χ0v) is 9.42. The largest absolute Gasteiger partial charge is 0.396 e. The lowest BCUT2D eigenvalue weighted by Crippen LogP contribution is -2.35. The molecule has 0 aliphatic carbocycles. The predicted octanol–water partition coefficient (Wildman–Crippen LogP) is 0.215. The van der Waals surface area contributed by atoms with Crippen molar-refractivity contribution in [2.45, 2.75) is 32.7 Å². The Labute approximate surface area is 86.3 Å². The predicted molar refractivity (Wildman–Crippen MR) is 57.1 cm³/mol. The summed E-state index contributed by atoms with van der Waals surface area (Å²) < 4.78 is 0. The molecule has 0 rings (SSSR count). The van der Waals surface area contributed by atoms with E-state index in [1.165, 1.54) is 0 Å². The molecule has 0 bridgehead atoms. The summed E-state index contributed by atoms with van der Waals surface area (Å²) in [7, 11) is 1.65. The molecule has 0 spiro atoms. The Bertz CT molecular complexity index is 160. The van der Waals surface area contributed by atoms with Crippen molar-refractivity contribution >= 4 is 5.91 Å². The van der Waals surface area contributed by atoms with Crippen molar-refractivity contribution in [3.05, 3.63) is 0 Å². The van der Waals surface area contributed by atoms with Gasteiger partial charge in [-0.05, 0) is 20.3 Å². The van der Waals surface area contributed by atoms with E-state index in [1.54, 1.807) is 7.05 Å². The van der Waals surface area contributed by atoms with Crippen LogP contribution in [0.2, 0.25) is 0 Å². The quantitative estimate of drug-likeness (QED) is 0.621. The summed E-state index contributed by atoms with van der Waals surface area (Å²) in [6, 6.07) is 0.422. The van der Waals surface area contributed by atoms with Gasteiger partial charge in [0.15, 0.2) is 0 Å². The third-order valence-electron chi connectivity index (χ3n) is 2.24. The maximum absolute atomic E-state index is 11.0. The van der Waals surface area contributed by atoms with Crippen molar-refractivity contribution in [2.75, 3.05) is 26.7 Å². The summed E-state index contributed by atoms with van der Waals surface area (Å²) in [6.07, 6.45) is 1.30. The minimum absolute atomic E-state index is 0.0691. The minimum atomic E-state index is 0.0691. The molecule has 2 N–H and O–H groups in total. The second kappa shape index (κ2) is 7.76. The zero-order chi connectivity index (χ0) is 11.0. The molecular weight excluding hydrogens is 180 g/mol. The van der Waals surface area contributed by atoms with Crippen molar-refractivity contribution in [2.24, 2.45) is 0 Å². The van der Waals surface area contributed by atoms with Crippen LogP contribution in [0.25, 0.3) is 0 Å². The number of amides is 1. The maximum Gasteiger partial charge on any atom is 0.221 e. The molecule has 0 aliphatic heterocycles. The lowest BCUT2D eigenvalue weighted by molar-refractivity contribution is -0.121. The van der Waals surface area contributed by atoms with Crippen molar-refractivity contribution < 1.29 is 9.90 Å². The second-order valence-corrected chi connectivity index (χ2v) is 3.63. The van der Waals surface area contributed by atoms with Gasteiger partial charge in [-0.2, -0.15) is 0 Å². The molecule has 0 aliphatic rings. The lowest BCUT2D eigenvalue weighted by atomic mass is 10.2. The standard InChI is InChI=1S/C10H22N2O2/c1-9(2)12(6-4-8-13)7-5-10(14)11-3/h9,13H,4-8H2,1-3H3,(H,11,14). The molecule has 0 fully saturated rings. The number of hydrogen-bond donors (Lipinski definition) is 2. The van der Waals surface area contributed by atoms with Crippen LogP contribution < -0.4 is 5.32 Å². The normalized spacial score (nSPS) is 11.0. The molecule has 0 aromatic heterocycles. The Hall–Kier alpha value is -0.610. The molecule has 4 heteroatoms. The highest BCUT2D eigenvalue weighted by molar-refractivity contribution is 5.75. The third kappa shape index (κ3) is 5.94. The van der Waals surface area contributed by atoms with Crippen LogP contribution in [0.5, 0.6) is 0 Å². The summed E-state index contributed by atoms with van der Waals surface area (Å²) in [5.74, 6) is 0.0691. The average molecular weight is 202 g/mol. The number of nitrogens with zero attached hydrogens (tertiary/aromatic N) is 1. The number of aliphatic hydroxyl groups is 1. The fourth-order valence-electron chi connectivity index (χ4n) is 1.27. The van der Waals surface area contributed by atoms with Crippen molar-refractivity contribution in [3.8, 4) is 0 Å². The van der Waals surface area contributed by atoms with Gasteiger partial charge in [-0.1, -0.05) is 0 Å². The maximum atomic E-state index is 11.0. The van der Waals surface area contributed by atoms with Gasteiger partial charge in [0.25, 0.3) is 0 Å². The van der Waals surface area contributed by atoms with Crippen molar-refractivity contribution in [3.63, 3.8) is 0 Å². The smallest absolute Gasteiger partial charge is 0.221 e. The van der Waals surface area contributed by atoms with E-state index in [0.29, 0.717) is 12.5 Å². The molecule has 0 aromatic rings. The fourth-order valence-corrected chi connectivity index (χ4v) is 1.27. The number of carbonyl (C=O) groups is 1. The van der Waals surface area contributed by atoms with Crippen LogP contribution in [-0.4, -0.2) is 48.7 Å². The van der Waals surface area contributed by atoms with Crippen LogP contribution in [0.3, 0.4) is 0 Å². The fraction of sp³-hybridized carbons (Fsp3) is 0.900. The first-order chi connectivity index (χ1) is 6.61. The monoisotopic (exact) mass is 202 g/mol. The van der Waals surface area contributed by atoms with E-state index >= 15 is 0 Å². The second-order valence-electron chi connectivity index (χ2n) is 3.63. The van der Waals surface area contributed by atoms with Crippen molar-refractivity contribution in [1.82, 2.24) is 10.2 Å². The van der Waals surface area contributed by atoms with Crippen LogP contribution >= 0.6 is 0 Å². The summed E-state index contributed by atoms with van der Waals surface area (Å²) in [5, 5.41) is 11.3. The molecule has 14 heavy (non-hydrogen) atoms. The van der Waals surface area contributed by atoms with Gasteiger partial charge in [-0.15, -0.1) is 0 Å². The van der Waals surface area contributed by atoms with Gasteiger partial charge in [0.05, 0.1) is 0 Å². The van der Waals surface area contributed by atoms with E-state index in [-0.39, 0.29) is 12.5 Å². The molecule has 0 unspecified atom stereocenters. The van der Waals surface area contributed by atoms with E-state index in [4.69, 9.17) is 5.11 Å². The Morgan fingerprint density at radius 2 is 2.07 bits per heavy atom. The van der Waals surface area contributed by atoms with Gasteiger partial charge in [0.2, 0.25) is 5.91 Å². The van der Waals surface area contributed by atoms with Crippen LogP contribution in [0.15, 0.2) is 0 Å². The SMILES string of the molecule is CNC(=O)CCN(CCCO)C(C)C. The van der Waals surface area contributed by atoms with Crippen LogP contribution in [0, 0.1) is 0 Å². The summed E-state index contributed by atoms with van der Waals surface area (Å²) in [5.41, 5.74) is 0. The number of rotatable bonds is 7. The van der Waals surface area contributed by atoms with E-state index in [0.717, 1.165) is 19.5 Å². The highest BCUT2D eigenvalue weighted by Gasteiger charge is 2.10.